The minimum atomic E-state index is -0.791. The van der Waals surface area contributed by atoms with Crippen molar-refractivity contribution in [1.82, 2.24) is 14.9 Å². The van der Waals surface area contributed by atoms with E-state index in [1.807, 2.05) is 44.2 Å². The zero-order chi connectivity index (χ0) is 29.1. The molecule has 0 unspecified atom stereocenters. The van der Waals surface area contributed by atoms with Crippen LogP contribution < -0.4 is 0 Å². The van der Waals surface area contributed by atoms with Crippen LogP contribution in [0.5, 0.6) is 0 Å². The maximum absolute atomic E-state index is 13.4. The van der Waals surface area contributed by atoms with Crippen molar-refractivity contribution in [3.05, 3.63) is 94.4 Å². The lowest BCUT2D eigenvalue weighted by Gasteiger charge is -2.26. The van der Waals surface area contributed by atoms with E-state index in [9.17, 15) is 14.4 Å². The molecule has 2 aromatic heterocycles. The van der Waals surface area contributed by atoms with E-state index in [-0.39, 0.29) is 35.7 Å². The number of oxazole rings is 2. The fourth-order valence-corrected chi connectivity index (χ4v) is 4.90. The summed E-state index contributed by atoms with van der Waals surface area (Å²) >= 11 is 0. The van der Waals surface area contributed by atoms with Gasteiger partial charge in [-0.2, -0.15) is 0 Å². The van der Waals surface area contributed by atoms with Gasteiger partial charge in [-0.25, -0.2) is 14.8 Å². The number of benzene rings is 2. The van der Waals surface area contributed by atoms with Gasteiger partial charge in [-0.15, -0.1) is 0 Å². The molecular formula is C31H31N3O7. The van der Waals surface area contributed by atoms with Crippen LogP contribution in [-0.2, 0) is 22.3 Å². The van der Waals surface area contributed by atoms with Crippen molar-refractivity contribution in [2.24, 2.45) is 5.92 Å². The Bertz CT molecular complexity index is 1540. The Labute approximate surface area is 237 Å². The summed E-state index contributed by atoms with van der Waals surface area (Å²) in [6.07, 6.45) is 0.626. The van der Waals surface area contributed by atoms with Crippen LogP contribution in [0.4, 0.5) is 0 Å². The molecule has 41 heavy (non-hydrogen) atoms. The molecule has 1 aliphatic rings. The highest BCUT2D eigenvalue weighted by atomic mass is 16.5. The SMILES string of the molecule is CCOC(=O)c1nc(-c2nc([C@H](C(C)C)N3C(=O)c4ccccc4C3=O)oc2CCOC)oc1Cc1ccccc1. The average Bonchev–Trinajstić information content (AvgIpc) is 3.64. The van der Waals surface area contributed by atoms with Crippen LogP contribution in [0.3, 0.4) is 0 Å². The predicted octanol–water partition coefficient (Wildman–Crippen LogP) is 5.28. The minimum absolute atomic E-state index is 0.0497. The number of ether oxygens (including phenoxy) is 2. The molecule has 0 radical (unpaired) electrons. The molecule has 0 saturated carbocycles. The van der Waals surface area contributed by atoms with Crippen LogP contribution >= 0.6 is 0 Å². The van der Waals surface area contributed by atoms with Crippen molar-refractivity contribution in [3.63, 3.8) is 0 Å². The quantitative estimate of drug-likeness (QED) is 0.179. The van der Waals surface area contributed by atoms with E-state index in [1.165, 1.54) is 4.90 Å². The fourth-order valence-electron chi connectivity index (χ4n) is 4.90. The molecule has 0 N–H and O–H groups in total. The second kappa shape index (κ2) is 11.9. The third kappa shape index (κ3) is 5.43. The van der Waals surface area contributed by atoms with Gasteiger partial charge in [-0.1, -0.05) is 56.3 Å². The van der Waals surface area contributed by atoms with Gasteiger partial charge in [0.2, 0.25) is 11.8 Å². The minimum Gasteiger partial charge on any atom is -0.461 e. The summed E-state index contributed by atoms with van der Waals surface area (Å²) in [6.45, 7) is 5.97. The van der Waals surface area contributed by atoms with E-state index in [0.717, 1.165) is 5.56 Å². The van der Waals surface area contributed by atoms with E-state index in [4.69, 9.17) is 23.3 Å². The molecule has 3 heterocycles. The molecule has 2 amide bonds. The summed E-state index contributed by atoms with van der Waals surface area (Å²) in [7, 11) is 1.56. The number of hydrogen-bond donors (Lipinski definition) is 0. The highest BCUT2D eigenvalue weighted by Gasteiger charge is 2.44. The Kier molecular flexibility index (Phi) is 8.11. The van der Waals surface area contributed by atoms with Gasteiger partial charge in [0.15, 0.2) is 11.4 Å². The molecule has 4 aromatic rings. The number of hydrogen-bond acceptors (Lipinski definition) is 9. The predicted molar refractivity (Wildman–Crippen MR) is 147 cm³/mol. The Morgan fingerprint density at radius 1 is 0.927 bits per heavy atom. The first-order valence-corrected chi connectivity index (χ1v) is 13.5. The van der Waals surface area contributed by atoms with Gasteiger partial charge in [0.25, 0.3) is 11.8 Å². The molecule has 2 aromatic carbocycles. The van der Waals surface area contributed by atoms with Crippen molar-refractivity contribution in [2.45, 2.75) is 39.7 Å². The zero-order valence-corrected chi connectivity index (χ0v) is 23.4. The van der Waals surface area contributed by atoms with E-state index in [0.29, 0.717) is 42.1 Å². The third-order valence-corrected chi connectivity index (χ3v) is 6.81. The van der Waals surface area contributed by atoms with Gasteiger partial charge >= 0.3 is 5.97 Å². The maximum atomic E-state index is 13.4. The lowest BCUT2D eigenvalue weighted by molar-refractivity contribution is 0.0497. The molecule has 1 atom stereocenters. The van der Waals surface area contributed by atoms with E-state index >= 15 is 0 Å². The molecular weight excluding hydrogens is 526 g/mol. The van der Waals surface area contributed by atoms with Gasteiger partial charge in [-0.3, -0.25) is 14.5 Å². The van der Waals surface area contributed by atoms with Gasteiger partial charge in [0.05, 0.1) is 24.3 Å². The number of esters is 1. The molecule has 0 aliphatic carbocycles. The second-order valence-corrected chi connectivity index (χ2v) is 9.96. The number of methoxy groups -OCH3 is 1. The lowest BCUT2D eigenvalue weighted by Crippen LogP contribution is -2.37. The zero-order valence-electron chi connectivity index (χ0n) is 23.4. The molecule has 0 saturated heterocycles. The van der Waals surface area contributed by atoms with Crippen LogP contribution in [0.2, 0.25) is 0 Å². The highest BCUT2D eigenvalue weighted by molar-refractivity contribution is 6.21. The van der Waals surface area contributed by atoms with Crippen LogP contribution in [-0.4, -0.2) is 53.0 Å². The number of carbonyl (C=O) groups is 3. The number of fused-ring (bicyclic) bond motifs is 1. The van der Waals surface area contributed by atoms with Gasteiger partial charge in [0.1, 0.15) is 17.6 Å². The number of carbonyl (C=O) groups excluding carboxylic acids is 3. The van der Waals surface area contributed by atoms with Gasteiger partial charge in [0, 0.05) is 20.0 Å². The molecule has 0 fully saturated rings. The summed E-state index contributed by atoms with van der Waals surface area (Å²) in [5, 5.41) is 0. The van der Waals surface area contributed by atoms with E-state index in [1.54, 1.807) is 38.3 Å². The summed E-state index contributed by atoms with van der Waals surface area (Å²) in [4.78, 5) is 49.9. The topological polar surface area (TPSA) is 125 Å². The number of imide groups is 1. The van der Waals surface area contributed by atoms with Crippen molar-refractivity contribution >= 4 is 17.8 Å². The van der Waals surface area contributed by atoms with Crippen LogP contribution in [0, 0.1) is 5.92 Å². The summed E-state index contributed by atoms with van der Waals surface area (Å²) in [6, 6.07) is 15.5. The Morgan fingerprint density at radius 3 is 2.20 bits per heavy atom. The standard InChI is InChI=1S/C31H31N3O7/c1-5-39-31(37)25-23(17-19-11-7-6-8-12-19)41-27(33-25)24-22(15-16-38-4)40-28(32-24)26(18(2)3)34-29(35)20-13-9-10-14-21(20)30(34)36/h6-14,18,26H,5,15-17H2,1-4H3/t26-/m0/s1. The Morgan fingerprint density at radius 2 is 1.59 bits per heavy atom. The number of aromatic nitrogens is 2. The summed E-state index contributed by atoms with van der Waals surface area (Å²) in [5.41, 5.74) is 1.92. The fraction of sp³-hybridized carbons (Fsp3) is 0.323. The largest absolute Gasteiger partial charge is 0.461 e. The number of amides is 2. The van der Waals surface area contributed by atoms with Crippen LogP contribution in [0.15, 0.2) is 63.4 Å². The highest BCUT2D eigenvalue weighted by Crippen LogP contribution is 2.38. The molecule has 212 valence electrons. The molecule has 1 aliphatic heterocycles. The van der Waals surface area contributed by atoms with E-state index in [2.05, 4.69) is 4.98 Å². The first-order chi connectivity index (χ1) is 19.8. The van der Waals surface area contributed by atoms with Crippen molar-refractivity contribution < 1.29 is 32.7 Å². The molecule has 0 bridgehead atoms. The molecule has 10 heteroatoms. The van der Waals surface area contributed by atoms with Gasteiger partial charge < -0.3 is 18.3 Å². The lowest BCUT2D eigenvalue weighted by atomic mass is 10.0. The van der Waals surface area contributed by atoms with Crippen molar-refractivity contribution in [2.75, 3.05) is 20.3 Å². The van der Waals surface area contributed by atoms with E-state index < -0.39 is 23.8 Å². The Hall–Kier alpha value is -4.57. The monoisotopic (exact) mass is 557 g/mol. The van der Waals surface area contributed by atoms with Crippen molar-refractivity contribution in [3.8, 4) is 11.6 Å². The summed E-state index contributed by atoms with van der Waals surface area (Å²) < 4.78 is 22.9. The third-order valence-electron chi connectivity index (χ3n) is 6.81. The summed E-state index contributed by atoms with van der Waals surface area (Å²) in [5.74, 6) is -0.698. The number of nitrogens with zero attached hydrogens (tertiary/aromatic N) is 3. The van der Waals surface area contributed by atoms with Crippen molar-refractivity contribution in [1.29, 1.82) is 0 Å². The smallest absolute Gasteiger partial charge is 0.360 e. The maximum Gasteiger partial charge on any atom is 0.360 e. The molecule has 10 nitrogen and oxygen atoms in total. The molecule has 5 rings (SSSR count). The average molecular weight is 558 g/mol. The van der Waals surface area contributed by atoms with Crippen LogP contribution in [0.1, 0.15) is 81.0 Å². The first kappa shape index (κ1) is 28.0. The first-order valence-electron chi connectivity index (χ1n) is 13.5. The molecule has 0 spiro atoms. The Balaban J connectivity index is 1.58. The van der Waals surface area contributed by atoms with Crippen LogP contribution in [0.25, 0.3) is 11.6 Å². The second-order valence-electron chi connectivity index (χ2n) is 9.96. The normalized spacial score (nSPS) is 13.6. The number of rotatable bonds is 11. The van der Waals surface area contributed by atoms with Gasteiger partial charge in [-0.05, 0) is 30.5 Å².